The van der Waals surface area contributed by atoms with E-state index in [1.54, 1.807) is 0 Å². The predicted octanol–water partition coefficient (Wildman–Crippen LogP) is -0.000900. The molecule has 0 amide bonds. The Morgan fingerprint density at radius 3 is 2.46 bits per heavy atom. The third-order valence-corrected chi connectivity index (χ3v) is 1.61. The number of aliphatic hydroxyl groups excluding tert-OH is 1. The number of carboxylic acid groups (broad SMARTS) is 1. The molecular formula is C9H8FO3-. The Labute approximate surface area is 74.4 Å². The molecule has 4 heteroatoms. The fourth-order valence-electron chi connectivity index (χ4n) is 0.961. The molecule has 0 saturated carbocycles. The fourth-order valence-corrected chi connectivity index (χ4v) is 0.961. The molecule has 13 heavy (non-hydrogen) atoms. The Kier molecular flexibility index (Phi) is 2.97. The molecule has 0 radical (unpaired) electrons. The number of hydrogen-bond donors (Lipinski definition) is 1. The SMILES string of the molecule is O=C([O-])CC(O)c1ccc(F)cc1. The lowest BCUT2D eigenvalue weighted by molar-refractivity contribution is -0.307. The van der Waals surface area contributed by atoms with Gasteiger partial charge in [0.1, 0.15) is 5.82 Å². The standard InChI is InChI=1S/C9H9FO3/c10-7-3-1-6(2-4-7)8(11)5-9(12)13/h1-4,8,11H,5H2,(H,12,13)/p-1. The molecule has 0 aliphatic rings. The van der Waals surface area contributed by atoms with E-state index in [0.717, 1.165) is 12.1 Å². The number of rotatable bonds is 3. The molecule has 1 unspecified atom stereocenters. The van der Waals surface area contributed by atoms with Crippen molar-refractivity contribution in [2.45, 2.75) is 12.5 Å². The van der Waals surface area contributed by atoms with Gasteiger partial charge in [-0.25, -0.2) is 4.39 Å². The summed E-state index contributed by atoms with van der Waals surface area (Å²) in [6, 6.07) is 4.99. The van der Waals surface area contributed by atoms with Crippen LogP contribution < -0.4 is 5.11 Å². The van der Waals surface area contributed by atoms with Crippen LogP contribution in [0.25, 0.3) is 0 Å². The summed E-state index contributed by atoms with van der Waals surface area (Å²) >= 11 is 0. The van der Waals surface area contributed by atoms with Crippen LogP contribution in [0.4, 0.5) is 4.39 Å². The van der Waals surface area contributed by atoms with E-state index in [2.05, 4.69) is 0 Å². The number of aliphatic hydroxyl groups is 1. The summed E-state index contributed by atoms with van der Waals surface area (Å²) in [6.45, 7) is 0. The Bertz CT molecular complexity index is 294. The van der Waals surface area contributed by atoms with Crippen molar-refractivity contribution in [1.82, 2.24) is 0 Å². The van der Waals surface area contributed by atoms with Crippen molar-refractivity contribution in [3.63, 3.8) is 0 Å². The maximum absolute atomic E-state index is 12.4. The molecule has 1 aromatic carbocycles. The van der Waals surface area contributed by atoms with E-state index in [9.17, 15) is 19.4 Å². The Morgan fingerprint density at radius 1 is 1.46 bits per heavy atom. The van der Waals surface area contributed by atoms with Gasteiger partial charge >= 0.3 is 0 Å². The topological polar surface area (TPSA) is 60.4 Å². The second kappa shape index (κ2) is 4.00. The van der Waals surface area contributed by atoms with Crippen LogP contribution in [0.2, 0.25) is 0 Å². The van der Waals surface area contributed by atoms with E-state index in [1.807, 2.05) is 0 Å². The molecule has 0 heterocycles. The highest BCUT2D eigenvalue weighted by Gasteiger charge is 2.06. The quantitative estimate of drug-likeness (QED) is 0.717. The van der Waals surface area contributed by atoms with Crippen LogP contribution in [0.1, 0.15) is 18.1 Å². The zero-order chi connectivity index (χ0) is 9.84. The lowest BCUT2D eigenvalue weighted by Crippen LogP contribution is -2.24. The Balaban J connectivity index is 2.71. The van der Waals surface area contributed by atoms with E-state index in [4.69, 9.17) is 0 Å². The van der Waals surface area contributed by atoms with Gasteiger partial charge in [0.25, 0.3) is 0 Å². The maximum atomic E-state index is 12.4. The first-order chi connectivity index (χ1) is 6.09. The number of hydrogen-bond acceptors (Lipinski definition) is 3. The summed E-state index contributed by atoms with van der Waals surface area (Å²) in [5.41, 5.74) is 0.366. The molecule has 0 fully saturated rings. The van der Waals surface area contributed by atoms with Gasteiger partial charge in [-0.05, 0) is 17.7 Å². The molecule has 1 atom stereocenters. The molecule has 70 valence electrons. The van der Waals surface area contributed by atoms with Gasteiger partial charge in [-0.3, -0.25) is 0 Å². The van der Waals surface area contributed by atoms with Gasteiger partial charge in [-0.15, -0.1) is 0 Å². The van der Waals surface area contributed by atoms with E-state index in [0.29, 0.717) is 5.56 Å². The van der Waals surface area contributed by atoms with E-state index < -0.39 is 24.3 Å². The van der Waals surface area contributed by atoms with Crippen molar-refractivity contribution >= 4 is 5.97 Å². The van der Waals surface area contributed by atoms with Crippen LogP contribution in [0.15, 0.2) is 24.3 Å². The minimum Gasteiger partial charge on any atom is -0.550 e. The number of halogens is 1. The molecule has 0 aromatic heterocycles. The van der Waals surface area contributed by atoms with Crippen LogP contribution in [-0.2, 0) is 4.79 Å². The van der Waals surface area contributed by atoms with Crippen molar-refractivity contribution in [2.24, 2.45) is 0 Å². The molecule has 0 saturated heterocycles. The average molecular weight is 183 g/mol. The van der Waals surface area contributed by atoms with E-state index in [-0.39, 0.29) is 0 Å². The van der Waals surface area contributed by atoms with E-state index in [1.165, 1.54) is 12.1 Å². The normalized spacial score (nSPS) is 12.5. The van der Waals surface area contributed by atoms with Crippen molar-refractivity contribution < 1.29 is 19.4 Å². The first-order valence-corrected chi connectivity index (χ1v) is 3.73. The average Bonchev–Trinajstić information content (AvgIpc) is 2.04. The monoisotopic (exact) mass is 183 g/mol. The van der Waals surface area contributed by atoms with Gasteiger partial charge < -0.3 is 15.0 Å². The van der Waals surface area contributed by atoms with Crippen molar-refractivity contribution in [3.8, 4) is 0 Å². The molecule has 3 nitrogen and oxygen atoms in total. The Hall–Kier alpha value is -1.42. The first kappa shape index (κ1) is 9.67. The molecule has 1 rings (SSSR count). The van der Waals surface area contributed by atoms with Crippen LogP contribution in [0, 0.1) is 5.82 Å². The molecule has 1 N–H and O–H groups in total. The van der Waals surface area contributed by atoms with Crippen LogP contribution in [-0.4, -0.2) is 11.1 Å². The van der Waals surface area contributed by atoms with Crippen molar-refractivity contribution in [1.29, 1.82) is 0 Å². The van der Waals surface area contributed by atoms with Crippen molar-refractivity contribution in [3.05, 3.63) is 35.6 Å². The van der Waals surface area contributed by atoms with Crippen LogP contribution >= 0.6 is 0 Å². The van der Waals surface area contributed by atoms with Gasteiger partial charge in [-0.1, -0.05) is 12.1 Å². The highest BCUT2D eigenvalue weighted by Crippen LogP contribution is 2.15. The first-order valence-electron chi connectivity index (χ1n) is 3.73. The van der Waals surface area contributed by atoms with Crippen LogP contribution in [0.5, 0.6) is 0 Å². The largest absolute Gasteiger partial charge is 0.550 e. The van der Waals surface area contributed by atoms with E-state index >= 15 is 0 Å². The third kappa shape index (κ3) is 2.83. The number of benzene rings is 1. The zero-order valence-electron chi connectivity index (χ0n) is 6.74. The second-order valence-electron chi connectivity index (χ2n) is 2.64. The fraction of sp³-hybridized carbons (Fsp3) is 0.222. The lowest BCUT2D eigenvalue weighted by atomic mass is 10.1. The molecule has 1 aromatic rings. The summed E-state index contributed by atoms with van der Waals surface area (Å²) in [5.74, 6) is -1.76. The summed E-state index contributed by atoms with van der Waals surface area (Å²) in [6.07, 6.45) is -1.61. The van der Waals surface area contributed by atoms with Crippen molar-refractivity contribution in [2.75, 3.05) is 0 Å². The second-order valence-corrected chi connectivity index (χ2v) is 2.64. The van der Waals surface area contributed by atoms with Gasteiger partial charge in [0.05, 0.1) is 6.10 Å². The smallest absolute Gasteiger partial charge is 0.123 e. The predicted molar refractivity (Wildman–Crippen MR) is 41.0 cm³/mol. The highest BCUT2D eigenvalue weighted by molar-refractivity contribution is 5.65. The van der Waals surface area contributed by atoms with Gasteiger partial charge in [0.2, 0.25) is 0 Å². The number of carbonyl (C=O) groups is 1. The molecule has 0 spiro atoms. The number of aliphatic carboxylic acids is 1. The molecule has 0 aliphatic heterocycles. The summed E-state index contributed by atoms with van der Waals surface area (Å²) in [7, 11) is 0. The lowest BCUT2D eigenvalue weighted by Gasteiger charge is -2.10. The maximum Gasteiger partial charge on any atom is 0.123 e. The van der Waals surface area contributed by atoms with Crippen LogP contribution in [0.3, 0.4) is 0 Å². The minimum atomic E-state index is -1.34. The summed E-state index contributed by atoms with van der Waals surface area (Å²) in [4.78, 5) is 10.1. The van der Waals surface area contributed by atoms with Gasteiger partial charge in [0.15, 0.2) is 0 Å². The Morgan fingerprint density at radius 2 is 2.00 bits per heavy atom. The third-order valence-electron chi connectivity index (χ3n) is 1.61. The van der Waals surface area contributed by atoms with Gasteiger partial charge in [-0.2, -0.15) is 0 Å². The van der Waals surface area contributed by atoms with Gasteiger partial charge in [0, 0.05) is 12.4 Å². The molecule has 0 aliphatic carbocycles. The minimum absolute atomic E-state index is 0.366. The number of carbonyl (C=O) groups excluding carboxylic acids is 1. The summed E-state index contributed by atoms with van der Waals surface area (Å²) in [5, 5.41) is 19.3. The molecule has 0 bridgehead atoms. The molecular weight excluding hydrogens is 175 g/mol. The zero-order valence-corrected chi connectivity index (χ0v) is 6.74. The highest BCUT2D eigenvalue weighted by atomic mass is 19.1. The summed E-state index contributed by atoms with van der Waals surface area (Å²) < 4.78 is 12.4. The number of carboxylic acids is 1.